The van der Waals surface area contributed by atoms with Gasteiger partial charge in [-0.05, 0) is 32.1 Å². The van der Waals surface area contributed by atoms with E-state index in [-0.39, 0.29) is 11.5 Å². The van der Waals surface area contributed by atoms with Crippen molar-refractivity contribution >= 4 is 11.8 Å². The SMILES string of the molecule is CNCCCC(=O)N1CCN(C(=O)c2ccc(F)cc2F)CC1. The first-order chi connectivity index (χ1) is 11.0. The Kier molecular flexibility index (Phi) is 6.04. The van der Waals surface area contributed by atoms with Crippen molar-refractivity contribution in [1.82, 2.24) is 15.1 Å². The van der Waals surface area contributed by atoms with Crippen LogP contribution < -0.4 is 5.32 Å². The second-order valence-electron chi connectivity index (χ2n) is 5.50. The van der Waals surface area contributed by atoms with Crippen molar-refractivity contribution < 1.29 is 18.4 Å². The highest BCUT2D eigenvalue weighted by Gasteiger charge is 2.26. The molecule has 1 aromatic rings. The third-order valence-corrected chi connectivity index (χ3v) is 3.90. The fourth-order valence-corrected chi connectivity index (χ4v) is 2.57. The molecule has 1 fully saturated rings. The molecule has 0 aliphatic carbocycles. The largest absolute Gasteiger partial charge is 0.339 e. The molecule has 7 heteroatoms. The smallest absolute Gasteiger partial charge is 0.256 e. The van der Waals surface area contributed by atoms with E-state index in [1.54, 1.807) is 4.90 Å². The molecule has 2 rings (SSSR count). The summed E-state index contributed by atoms with van der Waals surface area (Å²) in [5.41, 5.74) is -0.139. The Morgan fingerprint density at radius 2 is 1.78 bits per heavy atom. The zero-order valence-corrected chi connectivity index (χ0v) is 13.1. The number of carbonyl (C=O) groups is 2. The lowest BCUT2D eigenvalue weighted by Crippen LogP contribution is -2.50. The number of benzene rings is 1. The summed E-state index contributed by atoms with van der Waals surface area (Å²) in [6.07, 6.45) is 1.25. The number of amides is 2. The van der Waals surface area contributed by atoms with Gasteiger partial charge < -0.3 is 15.1 Å². The van der Waals surface area contributed by atoms with Gasteiger partial charge in [-0.1, -0.05) is 0 Å². The summed E-state index contributed by atoms with van der Waals surface area (Å²) in [6, 6.07) is 2.93. The molecule has 2 amide bonds. The third kappa shape index (κ3) is 4.48. The number of hydrogen-bond donors (Lipinski definition) is 1. The van der Waals surface area contributed by atoms with Gasteiger partial charge in [0.2, 0.25) is 5.91 Å². The highest BCUT2D eigenvalue weighted by Crippen LogP contribution is 2.14. The first-order valence-electron chi connectivity index (χ1n) is 7.69. The molecule has 126 valence electrons. The maximum absolute atomic E-state index is 13.7. The minimum Gasteiger partial charge on any atom is -0.339 e. The zero-order chi connectivity index (χ0) is 16.8. The lowest BCUT2D eigenvalue weighted by Gasteiger charge is -2.35. The van der Waals surface area contributed by atoms with Crippen molar-refractivity contribution in [2.24, 2.45) is 0 Å². The Bertz CT molecular complexity index is 572. The average molecular weight is 325 g/mol. The quantitative estimate of drug-likeness (QED) is 0.829. The highest BCUT2D eigenvalue weighted by atomic mass is 19.1. The van der Waals surface area contributed by atoms with Crippen LogP contribution in [0, 0.1) is 11.6 Å². The summed E-state index contributed by atoms with van der Waals surface area (Å²) >= 11 is 0. The standard InChI is InChI=1S/C16H21F2N3O2/c1-19-6-2-3-15(22)20-7-9-21(10-8-20)16(23)13-5-4-12(17)11-14(13)18/h4-5,11,19H,2-3,6-10H2,1H3. The molecule has 0 bridgehead atoms. The summed E-state index contributed by atoms with van der Waals surface area (Å²) in [7, 11) is 1.84. The second-order valence-corrected chi connectivity index (χ2v) is 5.50. The van der Waals surface area contributed by atoms with E-state index in [1.807, 2.05) is 7.05 Å². The molecule has 1 saturated heterocycles. The van der Waals surface area contributed by atoms with Crippen molar-refractivity contribution in [3.05, 3.63) is 35.4 Å². The number of nitrogens with zero attached hydrogens (tertiary/aromatic N) is 2. The van der Waals surface area contributed by atoms with Gasteiger partial charge in [0.1, 0.15) is 11.6 Å². The number of rotatable bonds is 5. The molecule has 0 unspecified atom stereocenters. The molecule has 1 N–H and O–H groups in total. The predicted octanol–water partition coefficient (Wildman–Crippen LogP) is 1.25. The molecule has 0 atom stereocenters. The van der Waals surface area contributed by atoms with Crippen molar-refractivity contribution in [1.29, 1.82) is 0 Å². The van der Waals surface area contributed by atoms with E-state index in [2.05, 4.69) is 5.32 Å². The number of nitrogens with one attached hydrogen (secondary N) is 1. The Balaban J connectivity index is 1.88. The molecular formula is C16H21F2N3O2. The number of hydrogen-bond acceptors (Lipinski definition) is 3. The Morgan fingerprint density at radius 3 is 2.39 bits per heavy atom. The van der Waals surface area contributed by atoms with Gasteiger partial charge in [0.15, 0.2) is 0 Å². The number of carbonyl (C=O) groups excluding carboxylic acids is 2. The molecule has 1 aromatic carbocycles. The van der Waals surface area contributed by atoms with E-state index in [0.29, 0.717) is 38.7 Å². The molecule has 5 nitrogen and oxygen atoms in total. The fourth-order valence-electron chi connectivity index (χ4n) is 2.57. The van der Waals surface area contributed by atoms with Crippen LogP contribution >= 0.6 is 0 Å². The van der Waals surface area contributed by atoms with Gasteiger partial charge >= 0.3 is 0 Å². The van der Waals surface area contributed by atoms with E-state index in [4.69, 9.17) is 0 Å². The summed E-state index contributed by atoms with van der Waals surface area (Å²) in [5, 5.41) is 2.99. The van der Waals surface area contributed by atoms with Crippen LogP contribution in [0.5, 0.6) is 0 Å². The van der Waals surface area contributed by atoms with Gasteiger partial charge in [0.25, 0.3) is 5.91 Å². The van der Waals surface area contributed by atoms with Crippen LogP contribution in [-0.2, 0) is 4.79 Å². The first-order valence-corrected chi connectivity index (χ1v) is 7.69. The maximum Gasteiger partial charge on any atom is 0.256 e. The number of piperazine rings is 1. The Hall–Kier alpha value is -2.02. The molecule has 0 spiro atoms. The van der Waals surface area contributed by atoms with E-state index in [9.17, 15) is 18.4 Å². The Morgan fingerprint density at radius 1 is 1.13 bits per heavy atom. The molecule has 0 radical (unpaired) electrons. The monoisotopic (exact) mass is 325 g/mol. The number of halogens is 2. The lowest BCUT2D eigenvalue weighted by molar-refractivity contribution is -0.132. The first kappa shape index (κ1) is 17.3. The van der Waals surface area contributed by atoms with Gasteiger partial charge in [0, 0.05) is 38.7 Å². The van der Waals surface area contributed by atoms with Crippen molar-refractivity contribution in [3.63, 3.8) is 0 Å². The van der Waals surface area contributed by atoms with E-state index >= 15 is 0 Å². The van der Waals surface area contributed by atoms with Gasteiger partial charge in [-0.3, -0.25) is 9.59 Å². The van der Waals surface area contributed by atoms with Gasteiger partial charge in [-0.2, -0.15) is 0 Å². The highest BCUT2D eigenvalue weighted by molar-refractivity contribution is 5.94. The van der Waals surface area contributed by atoms with Crippen LogP contribution in [0.25, 0.3) is 0 Å². The molecule has 23 heavy (non-hydrogen) atoms. The van der Waals surface area contributed by atoms with Gasteiger partial charge in [-0.15, -0.1) is 0 Å². The van der Waals surface area contributed by atoms with Crippen molar-refractivity contribution in [3.8, 4) is 0 Å². The summed E-state index contributed by atoms with van der Waals surface area (Å²) in [4.78, 5) is 27.5. The van der Waals surface area contributed by atoms with Gasteiger partial charge in [0.05, 0.1) is 5.56 Å². The van der Waals surface area contributed by atoms with E-state index < -0.39 is 17.5 Å². The van der Waals surface area contributed by atoms with Crippen molar-refractivity contribution in [2.75, 3.05) is 39.8 Å². The topological polar surface area (TPSA) is 52.7 Å². The van der Waals surface area contributed by atoms with Crippen molar-refractivity contribution in [2.45, 2.75) is 12.8 Å². The normalized spacial score (nSPS) is 14.9. The summed E-state index contributed by atoms with van der Waals surface area (Å²) in [6.45, 7) is 2.37. The molecule has 0 saturated carbocycles. The van der Waals surface area contributed by atoms with Crippen LogP contribution in [0.4, 0.5) is 8.78 Å². The van der Waals surface area contributed by atoms with Gasteiger partial charge in [-0.25, -0.2) is 8.78 Å². The molecule has 0 aromatic heterocycles. The Labute approximate surface area is 134 Å². The minimum atomic E-state index is -0.861. The molecule has 1 heterocycles. The second kappa shape index (κ2) is 8.01. The summed E-state index contributed by atoms with van der Waals surface area (Å²) < 4.78 is 26.6. The minimum absolute atomic E-state index is 0.0697. The molecular weight excluding hydrogens is 304 g/mol. The van der Waals surface area contributed by atoms with Crippen LogP contribution in [0.2, 0.25) is 0 Å². The third-order valence-electron chi connectivity index (χ3n) is 3.90. The van der Waals surface area contributed by atoms with Crippen LogP contribution in [0.3, 0.4) is 0 Å². The molecule has 1 aliphatic rings. The van der Waals surface area contributed by atoms with E-state index in [0.717, 1.165) is 25.1 Å². The molecule has 1 aliphatic heterocycles. The van der Waals surface area contributed by atoms with Crippen LogP contribution in [0.1, 0.15) is 23.2 Å². The predicted molar refractivity (Wildman–Crippen MR) is 82.0 cm³/mol. The lowest BCUT2D eigenvalue weighted by atomic mass is 10.1. The fraction of sp³-hybridized carbons (Fsp3) is 0.500. The maximum atomic E-state index is 13.7. The van der Waals surface area contributed by atoms with E-state index in [1.165, 1.54) is 4.90 Å². The summed E-state index contributed by atoms with van der Waals surface area (Å²) in [5.74, 6) is -1.97. The average Bonchev–Trinajstić information content (AvgIpc) is 2.54. The van der Waals surface area contributed by atoms with Crippen LogP contribution in [-0.4, -0.2) is 61.4 Å². The van der Waals surface area contributed by atoms with Crippen LogP contribution in [0.15, 0.2) is 18.2 Å². The zero-order valence-electron chi connectivity index (χ0n) is 13.1.